The molecule has 0 aliphatic carbocycles. The van der Waals surface area contributed by atoms with Gasteiger partial charge in [0.15, 0.2) is 0 Å². The summed E-state index contributed by atoms with van der Waals surface area (Å²) in [5, 5.41) is 0. The Morgan fingerprint density at radius 3 is 2.40 bits per heavy atom. The van der Waals surface area contributed by atoms with Crippen molar-refractivity contribution in [1.29, 1.82) is 0 Å². The Balaban J connectivity index is 2.06. The molecule has 5 heteroatoms. The fraction of sp³-hybridized carbons (Fsp3) is 0.600. The van der Waals surface area contributed by atoms with Crippen LogP contribution < -0.4 is 5.73 Å². The molecule has 2 amide bonds. The number of carbonyl (C=O) groups excluding carboxylic acids is 2. The Morgan fingerprint density at radius 1 is 1.20 bits per heavy atom. The maximum Gasteiger partial charge on any atom is 0.254 e. The number of hydrogen-bond donors (Lipinski definition) is 1. The predicted octanol–water partition coefficient (Wildman–Crippen LogP) is 2.64. The molecule has 0 spiro atoms. The second-order valence-electron chi connectivity index (χ2n) is 7.47. The van der Waals surface area contributed by atoms with Gasteiger partial charge in [0.05, 0.1) is 0 Å². The van der Waals surface area contributed by atoms with Gasteiger partial charge in [0.2, 0.25) is 5.91 Å². The van der Waals surface area contributed by atoms with Gasteiger partial charge >= 0.3 is 0 Å². The minimum absolute atomic E-state index is 0.0138. The highest BCUT2D eigenvalue weighted by atomic mass is 16.2. The van der Waals surface area contributed by atoms with Crippen molar-refractivity contribution in [3.63, 3.8) is 0 Å². The maximum atomic E-state index is 12.9. The zero-order valence-corrected chi connectivity index (χ0v) is 15.9. The average molecular weight is 345 g/mol. The van der Waals surface area contributed by atoms with E-state index >= 15 is 0 Å². The van der Waals surface area contributed by atoms with E-state index in [1.54, 1.807) is 4.90 Å². The highest BCUT2D eigenvalue weighted by molar-refractivity contribution is 5.94. The van der Waals surface area contributed by atoms with Crippen LogP contribution in [0.2, 0.25) is 0 Å². The van der Waals surface area contributed by atoms with Crippen molar-refractivity contribution in [3.8, 4) is 0 Å². The van der Waals surface area contributed by atoms with Crippen LogP contribution in [0.5, 0.6) is 0 Å². The van der Waals surface area contributed by atoms with Gasteiger partial charge in [-0.05, 0) is 43.9 Å². The number of piperidine rings is 1. The first-order valence-electron chi connectivity index (χ1n) is 9.21. The molecule has 1 fully saturated rings. The average Bonchev–Trinajstić information content (AvgIpc) is 2.60. The fourth-order valence-corrected chi connectivity index (χ4v) is 3.47. The molecule has 2 N–H and O–H groups in total. The van der Waals surface area contributed by atoms with Crippen LogP contribution in [0.4, 0.5) is 0 Å². The smallest absolute Gasteiger partial charge is 0.254 e. The largest absolute Gasteiger partial charge is 0.341 e. The fourth-order valence-electron chi connectivity index (χ4n) is 3.47. The Morgan fingerprint density at radius 2 is 1.84 bits per heavy atom. The minimum atomic E-state index is -0.0146. The quantitative estimate of drug-likeness (QED) is 0.892. The molecule has 0 saturated carbocycles. The first-order chi connectivity index (χ1) is 11.8. The first kappa shape index (κ1) is 19.4. The molecule has 1 aromatic carbocycles. The van der Waals surface area contributed by atoms with E-state index < -0.39 is 0 Å². The van der Waals surface area contributed by atoms with E-state index in [-0.39, 0.29) is 29.8 Å². The third kappa shape index (κ3) is 4.82. The lowest BCUT2D eigenvalue weighted by Gasteiger charge is -2.38. The van der Waals surface area contributed by atoms with Gasteiger partial charge in [0, 0.05) is 43.7 Å². The summed E-state index contributed by atoms with van der Waals surface area (Å²) in [5.41, 5.74) is 7.79. The SMILES string of the molecule is CC(C)C(=O)N(C)Cc1ccc(C(=O)N2CCCCC2C(C)N)cc1. The van der Waals surface area contributed by atoms with E-state index in [4.69, 9.17) is 5.73 Å². The minimum Gasteiger partial charge on any atom is -0.341 e. The molecule has 1 saturated heterocycles. The van der Waals surface area contributed by atoms with Crippen LogP contribution in [0.15, 0.2) is 24.3 Å². The second kappa shape index (κ2) is 8.48. The van der Waals surface area contributed by atoms with Crippen LogP contribution in [0, 0.1) is 5.92 Å². The predicted molar refractivity (Wildman–Crippen MR) is 100 cm³/mol. The molecule has 0 aromatic heterocycles. The molecular formula is C20H31N3O2. The van der Waals surface area contributed by atoms with E-state index in [9.17, 15) is 9.59 Å². The van der Waals surface area contributed by atoms with Crippen LogP contribution >= 0.6 is 0 Å². The molecule has 1 heterocycles. The molecule has 2 rings (SSSR count). The van der Waals surface area contributed by atoms with Gasteiger partial charge < -0.3 is 15.5 Å². The molecule has 5 nitrogen and oxygen atoms in total. The molecule has 138 valence electrons. The van der Waals surface area contributed by atoms with Crippen molar-refractivity contribution in [2.75, 3.05) is 13.6 Å². The Bertz CT molecular complexity index is 595. The number of benzene rings is 1. The van der Waals surface area contributed by atoms with Crippen molar-refractivity contribution >= 4 is 11.8 Å². The maximum absolute atomic E-state index is 12.9. The van der Waals surface area contributed by atoms with Crippen molar-refractivity contribution < 1.29 is 9.59 Å². The molecule has 25 heavy (non-hydrogen) atoms. The Labute approximate surface area is 151 Å². The number of likely N-dealkylation sites (tertiary alicyclic amines) is 1. The molecule has 0 bridgehead atoms. The molecular weight excluding hydrogens is 314 g/mol. The summed E-state index contributed by atoms with van der Waals surface area (Å²) in [4.78, 5) is 28.5. The van der Waals surface area contributed by atoms with Gasteiger partial charge in [-0.1, -0.05) is 26.0 Å². The number of rotatable bonds is 5. The number of nitrogens with zero attached hydrogens (tertiary/aromatic N) is 2. The van der Waals surface area contributed by atoms with E-state index in [1.807, 2.05) is 57.0 Å². The van der Waals surface area contributed by atoms with Crippen LogP contribution in [-0.4, -0.2) is 47.3 Å². The van der Waals surface area contributed by atoms with Crippen molar-refractivity contribution in [1.82, 2.24) is 9.80 Å². The Hall–Kier alpha value is -1.88. The Kier molecular flexibility index (Phi) is 6.59. The van der Waals surface area contributed by atoms with Crippen molar-refractivity contribution in [2.45, 2.75) is 58.7 Å². The van der Waals surface area contributed by atoms with E-state index in [0.717, 1.165) is 31.4 Å². The van der Waals surface area contributed by atoms with Crippen LogP contribution in [-0.2, 0) is 11.3 Å². The van der Waals surface area contributed by atoms with Gasteiger partial charge in [-0.3, -0.25) is 9.59 Å². The molecule has 0 radical (unpaired) electrons. The highest BCUT2D eigenvalue weighted by Gasteiger charge is 2.29. The third-order valence-corrected chi connectivity index (χ3v) is 4.91. The number of hydrogen-bond acceptors (Lipinski definition) is 3. The summed E-state index contributed by atoms with van der Waals surface area (Å²) in [6.07, 6.45) is 3.14. The number of amides is 2. The lowest BCUT2D eigenvalue weighted by atomic mass is 9.96. The summed E-state index contributed by atoms with van der Waals surface area (Å²) in [5.74, 6) is 0.161. The molecule has 2 atom stereocenters. The summed E-state index contributed by atoms with van der Waals surface area (Å²) in [6.45, 7) is 7.10. The summed E-state index contributed by atoms with van der Waals surface area (Å²) in [6, 6.07) is 7.69. The third-order valence-electron chi connectivity index (χ3n) is 4.91. The number of nitrogens with two attached hydrogens (primary N) is 1. The molecule has 2 unspecified atom stereocenters. The van der Waals surface area contributed by atoms with Crippen LogP contribution in [0.1, 0.15) is 56.0 Å². The summed E-state index contributed by atoms with van der Waals surface area (Å²) < 4.78 is 0. The molecule has 1 aliphatic heterocycles. The topological polar surface area (TPSA) is 66.6 Å². The van der Waals surface area contributed by atoms with Gasteiger partial charge in [-0.15, -0.1) is 0 Å². The van der Waals surface area contributed by atoms with E-state index in [2.05, 4.69) is 0 Å². The zero-order chi connectivity index (χ0) is 18.6. The normalized spacial score (nSPS) is 19.0. The van der Waals surface area contributed by atoms with Crippen molar-refractivity contribution in [3.05, 3.63) is 35.4 Å². The zero-order valence-electron chi connectivity index (χ0n) is 15.9. The lowest BCUT2D eigenvalue weighted by molar-refractivity contribution is -0.133. The molecule has 1 aromatic rings. The van der Waals surface area contributed by atoms with Gasteiger partial charge in [-0.25, -0.2) is 0 Å². The standard InChI is InChI=1S/C20H31N3O2/c1-14(2)19(24)22(4)13-16-8-10-17(11-9-16)20(25)23-12-6-5-7-18(23)15(3)21/h8-11,14-15,18H,5-7,12-13,21H2,1-4H3. The van der Waals surface area contributed by atoms with Gasteiger partial charge in [0.25, 0.3) is 5.91 Å². The highest BCUT2D eigenvalue weighted by Crippen LogP contribution is 2.22. The van der Waals surface area contributed by atoms with E-state index in [1.165, 1.54) is 0 Å². The van der Waals surface area contributed by atoms with Crippen molar-refractivity contribution in [2.24, 2.45) is 11.7 Å². The van der Waals surface area contributed by atoms with Gasteiger partial charge in [-0.2, -0.15) is 0 Å². The van der Waals surface area contributed by atoms with Crippen LogP contribution in [0.3, 0.4) is 0 Å². The van der Waals surface area contributed by atoms with Crippen LogP contribution in [0.25, 0.3) is 0 Å². The summed E-state index contributed by atoms with van der Waals surface area (Å²) in [7, 11) is 1.81. The van der Waals surface area contributed by atoms with E-state index in [0.29, 0.717) is 12.1 Å². The summed E-state index contributed by atoms with van der Waals surface area (Å²) >= 11 is 0. The monoisotopic (exact) mass is 345 g/mol. The first-order valence-corrected chi connectivity index (χ1v) is 9.21. The second-order valence-corrected chi connectivity index (χ2v) is 7.47. The molecule has 1 aliphatic rings. The lowest BCUT2D eigenvalue weighted by Crippen LogP contribution is -2.51. The van der Waals surface area contributed by atoms with Gasteiger partial charge in [0.1, 0.15) is 0 Å². The number of carbonyl (C=O) groups is 2.